The number of rotatable bonds is 2. The van der Waals surface area contributed by atoms with Crippen LogP contribution in [0.3, 0.4) is 0 Å². The average Bonchev–Trinajstić information content (AvgIpc) is 2.52. The Morgan fingerprint density at radius 1 is 1.53 bits per heavy atom. The second kappa shape index (κ2) is 3.74. The van der Waals surface area contributed by atoms with Crippen LogP contribution >= 0.6 is 11.6 Å². The summed E-state index contributed by atoms with van der Waals surface area (Å²) in [4.78, 5) is 4.31. The van der Waals surface area contributed by atoms with Crippen molar-refractivity contribution >= 4 is 28.6 Å². The number of imidazole rings is 1. The topological polar surface area (TPSA) is 43.8 Å². The third-order valence-electron chi connectivity index (χ3n) is 2.71. The highest BCUT2D eigenvalue weighted by Gasteiger charge is 2.12. The van der Waals surface area contributed by atoms with Crippen LogP contribution < -0.4 is 5.73 Å². The minimum atomic E-state index is 0.341. The molecule has 0 aliphatic heterocycles. The van der Waals surface area contributed by atoms with Crippen molar-refractivity contribution < 1.29 is 0 Å². The van der Waals surface area contributed by atoms with Crippen molar-refractivity contribution in [2.45, 2.75) is 26.3 Å². The fourth-order valence-electron chi connectivity index (χ4n) is 1.73. The van der Waals surface area contributed by atoms with Gasteiger partial charge in [-0.05, 0) is 31.5 Å². The van der Waals surface area contributed by atoms with Crippen LogP contribution in [0.15, 0.2) is 18.2 Å². The lowest BCUT2D eigenvalue weighted by atomic mass is 10.2. The molecule has 4 heteroatoms. The highest BCUT2D eigenvalue weighted by atomic mass is 35.5. The molecule has 2 N–H and O–H groups in total. The van der Waals surface area contributed by atoms with Gasteiger partial charge in [-0.15, -0.1) is 0 Å². The second-order valence-corrected chi connectivity index (χ2v) is 4.17. The molecule has 0 aliphatic carbocycles. The quantitative estimate of drug-likeness (QED) is 0.850. The molecule has 2 aromatic rings. The van der Waals surface area contributed by atoms with Gasteiger partial charge in [-0.3, -0.25) is 0 Å². The van der Waals surface area contributed by atoms with Crippen molar-refractivity contribution in [1.29, 1.82) is 0 Å². The van der Waals surface area contributed by atoms with Gasteiger partial charge in [-0.25, -0.2) is 4.98 Å². The number of hydrogen-bond acceptors (Lipinski definition) is 2. The average molecular weight is 224 g/mol. The standard InChI is InChI=1S/C11H14ClN3/c1-3-7(2)15-10-6-8(12)4-5-9(10)14-11(15)13/h4-7H,3H2,1-2H3,(H2,13,14). The zero-order valence-corrected chi connectivity index (χ0v) is 9.62. The van der Waals surface area contributed by atoms with E-state index in [1.165, 1.54) is 0 Å². The maximum Gasteiger partial charge on any atom is 0.201 e. The van der Waals surface area contributed by atoms with Gasteiger partial charge in [-0.2, -0.15) is 0 Å². The number of hydrogen-bond donors (Lipinski definition) is 1. The summed E-state index contributed by atoms with van der Waals surface area (Å²) >= 11 is 5.97. The molecule has 1 aromatic carbocycles. The molecule has 1 atom stereocenters. The molecule has 0 bridgehead atoms. The van der Waals surface area contributed by atoms with Crippen molar-refractivity contribution in [1.82, 2.24) is 9.55 Å². The van der Waals surface area contributed by atoms with Crippen molar-refractivity contribution in [2.75, 3.05) is 5.73 Å². The van der Waals surface area contributed by atoms with Gasteiger partial charge in [0.2, 0.25) is 5.95 Å². The van der Waals surface area contributed by atoms with Crippen LogP contribution in [0.5, 0.6) is 0 Å². The van der Waals surface area contributed by atoms with E-state index in [1.54, 1.807) is 0 Å². The van der Waals surface area contributed by atoms with Crippen LogP contribution in [0.2, 0.25) is 5.02 Å². The van der Waals surface area contributed by atoms with E-state index in [-0.39, 0.29) is 0 Å². The van der Waals surface area contributed by atoms with Crippen molar-refractivity contribution in [3.63, 3.8) is 0 Å². The third kappa shape index (κ3) is 1.67. The monoisotopic (exact) mass is 223 g/mol. The lowest BCUT2D eigenvalue weighted by molar-refractivity contribution is 0.552. The Balaban J connectivity index is 2.70. The van der Waals surface area contributed by atoms with E-state index in [2.05, 4.69) is 18.8 Å². The highest BCUT2D eigenvalue weighted by molar-refractivity contribution is 6.31. The van der Waals surface area contributed by atoms with Crippen LogP contribution in [0.1, 0.15) is 26.3 Å². The summed E-state index contributed by atoms with van der Waals surface area (Å²) in [5.74, 6) is 0.557. The van der Waals surface area contributed by atoms with Crippen LogP contribution in [-0.2, 0) is 0 Å². The molecule has 0 amide bonds. The molecule has 0 spiro atoms. The van der Waals surface area contributed by atoms with Crippen molar-refractivity contribution in [3.05, 3.63) is 23.2 Å². The molecule has 0 saturated heterocycles. The van der Waals surface area contributed by atoms with Gasteiger partial charge in [0.25, 0.3) is 0 Å². The molecular weight excluding hydrogens is 210 g/mol. The first kappa shape index (κ1) is 10.3. The van der Waals surface area contributed by atoms with Crippen molar-refractivity contribution in [3.8, 4) is 0 Å². The van der Waals surface area contributed by atoms with E-state index in [4.69, 9.17) is 17.3 Å². The molecule has 80 valence electrons. The largest absolute Gasteiger partial charge is 0.369 e. The molecular formula is C11H14ClN3. The molecule has 3 nitrogen and oxygen atoms in total. The Morgan fingerprint density at radius 2 is 2.27 bits per heavy atom. The molecule has 2 rings (SSSR count). The number of fused-ring (bicyclic) bond motifs is 1. The van der Waals surface area contributed by atoms with E-state index in [9.17, 15) is 0 Å². The fraction of sp³-hybridized carbons (Fsp3) is 0.364. The van der Waals surface area contributed by atoms with Gasteiger partial charge in [0.05, 0.1) is 11.0 Å². The first-order valence-corrected chi connectivity index (χ1v) is 5.44. The SMILES string of the molecule is CCC(C)n1c(N)nc2ccc(Cl)cc21. The fourth-order valence-corrected chi connectivity index (χ4v) is 1.90. The van der Waals surface area contributed by atoms with E-state index < -0.39 is 0 Å². The number of halogens is 1. The molecule has 1 unspecified atom stereocenters. The van der Waals surface area contributed by atoms with Gasteiger partial charge in [0, 0.05) is 11.1 Å². The van der Waals surface area contributed by atoms with E-state index in [1.807, 2.05) is 22.8 Å². The summed E-state index contributed by atoms with van der Waals surface area (Å²) in [6.45, 7) is 4.25. The summed E-state index contributed by atoms with van der Waals surface area (Å²) in [7, 11) is 0. The number of benzene rings is 1. The predicted octanol–water partition coefficient (Wildman–Crippen LogP) is 3.24. The Kier molecular flexibility index (Phi) is 2.57. The molecule has 0 aliphatic rings. The molecule has 0 radical (unpaired) electrons. The van der Waals surface area contributed by atoms with Gasteiger partial charge in [0.15, 0.2) is 0 Å². The number of nitrogens with two attached hydrogens (primary N) is 1. The van der Waals surface area contributed by atoms with Gasteiger partial charge in [-0.1, -0.05) is 18.5 Å². The molecule has 15 heavy (non-hydrogen) atoms. The number of nitrogen functional groups attached to an aromatic ring is 1. The summed E-state index contributed by atoms with van der Waals surface area (Å²) in [6.07, 6.45) is 1.02. The lowest BCUT2D eigenvalue weighted by Crippen LogP contribution is -2.07. The summed E-state index contributed by atoms with van der Waals surface area (Å²) in [6, 6.07) is 5.98. The van der Waals surface area contributed by atoms with Crippen LogP contribution in [0.25, 0.3) is 11.0 Å². The number of anilines is 1. The number of nitrogens with zero attached hydrogens (tertiary/aromatic N) is 2. The van der Waals surface area contributed by atoms with Gasteiger partial charge >= 0.3 is 0 Å². The maximum atomic E-state index is 5.97. The molecule has 0 saturated carbocycles. The van der Waals surface area contributed by atoms with Crippen LogP contribution in [-0.4, -0.2) is 9.55 Å². The minimum absolute atomic E-state index is 0.341. The van der Waals surface area contributed by atoms with Crippen LogP contribution in [0.4, 0.5) is 5.95 Å². The van der Waals surface area contributed by atoms with E-state index in [0.29, 0.717) is 17.0 Å². The molecule has 1 aromatic heterocycles. The Morgan fingerprint density at radius 3 is 2.93 bits per heavy atom. The Hall–Kier alpha value is -1.22. The third-order valence-corrected chi connectivity index (χ3v) is 2.95. The van der Waals surface area contributed by atoms with Gasteiger partial charge < -0.3 is 10.3 Å². The zero-order chi connectivity index (χ0) is 11.0. The smallest absolute Gasteiger partial charge is 0.201 e. The molecule has 0 fully saturated rings. The normalized spacial score (nSPS) is 13.3. The number of aromatic nitrogens is 2. The van der Waals surface area contributed by atoms with E-state index >= 15 is 0 Å². The van der Waals surface area contributed by atoms with Crippen LogP contribution in [0, 0.1) is 0 Å². The second-order valence-electron chi connectivity index (χ2n) is 3.73. The first-order chi connectivity index (χ1) is 7.13. The predicted molar refractivity (Wildman–Crippen MR) is 64.2 cm³/mol. The van der Waals surface area contributed by atoms with E-state index in [0.717, 1.165) is 17.5 Å². The van der Waals surface area contributed by atoms with Crippen molar-refractivity contribution in [2.24, 2.45) is 0 Å². The summed E-state index contributed by atoms with van der Waals surface area (Å²) in [5, 5.41) is 0.715. The summed E-state index contributed by atoms with van der Waals surface area (Å²) in [5.41, 5.74) is 7.80. The Bertz CT molecular complexity index is 490. The first-order valence-electron chi connectivity index (χ1n) is 5.06. The molecule has 1 heterocycles. The maximum absolute atomic E-state index is 5.97. The van der Waals surface area contributed by atoms with Gasteiger partial charge in [0.1, 0.15) is 0 Å². The summed E-state index contributed by atoms with van der Waals surface area (Å²) < 4.78 is 2.03. The zero-order valence-electron chi connectivity index (χ0n) is 8.87. The highest BCUT2D eigenvalue weighted by Crippen LogP contribution is 2.26. The minimum Gasteiger partial charge on any atom is -0.369 e. The Labute approximate surface area is 93.9 Å². The lowest BCUT2D eigenvalue weighted by Gasteiger charge is -2.13.